The third kappa shape index (κ3) is 2.60. The largest absolute Gasteiger partial charge is 0.384 e. The van der Waals surface area contributed by atoms with Gasteiger partial charge in [0.25, 0.3) is 0 Å². The van der Waals surface area contributed by atoms with Gasteiger partial charge in [-0.05, 0) is 30.2 Å². The molecular weight excluding hydrogens is 184 g/mol. The lowest BCUT2D eigenvalue weighted by Crippen LogP contribution is -2.21. The maximum absolute atomic E-state index is 5.33. The van der Waals surface area contributed by atoms with Crippen LogP contribution in [-0.4, -0.2) is 13.7 Å². The molecule has 15 heavy (non-hydrogen) atoms. The molecule has 1 aliphatic carbocycles. The van der Waals surface area contributed by atoms with Crippen LogP contribution in [0, 0.1) is 5.92 Å². The summed E-state index contributed by atoms with van der Waals surface area (Å²) in [6.07, 6.45) is 5.41. The van der Waals surface area contributed by atoms with Crippen LogP contribution in [0.4, 0.5) is 0 Å². The normalized spacial score (nSPS) is 26.5. The third-order valence-corrected chi connectivity index (χ3v) is 3.52. The Morgan fingerprint density at radius 2 is 1.87 bits per heavy atom. The molecule has 1 nitrogen and oxygen atoms in total. The van der Waals surface area contributed by atoms with Gasteiger partial charge in [0.2, 0.25) is 0 Å². The molecular formula is C14H20O. The van der Waals surface area contributed by atoms with Gasteiger partial charge in [0.1, 0.15) is 0 Å². The molecule has 0 bridgehead atoms. The predicted octanol–water partition coefficient (Wildman–Crippen LogP) is 3.61. The molecule has 82 valence electrons. The summed E-state index contributed by atoms with van der Waals surface area (Å²) < 4.78 is 5.33. The molecule has 2 rings (SSSR count). The Kier molecular flexibility index (Phi) is 3.79. The fourth-order valence-corrected chi connectivity index (χ4v) is 2.76. The van der Waals surface area contributed by atoms with Crippen LogP contribution in [0.2, 0.25) is 0 Å². The number of hydrogen-bond donors (Lipinski definition) is 0. The fraction of sp³-hybridized carbons (Fsp3) is 0.571. The average molecular weight is 204 g/mol. The Balaban J connectivity index is 2.11. The van der Waals surface area contributed by atoms with E-state index in [4.69, 9.17) is 4.74 Å². The van der Waals surface area contributed by atoms with Crippen LogP contribution >= 0.6 is 0 Å². The van der Waals surface area contributed by atoms with Gasteiger partial charge < -0.3 is 4.74 Å². The van der Waals surface area contributed by atoms with Crippen LogP contribution in [0.15, 0.2) is 30.3 Å². The summed E-state index contributed by atoms with van der Waals surface area (Å²) in [5, 5.41) is 0. The van der Waals surface area contributed by atoms with Crippen LogP contribution in [0.3, 0.4) is 0 Å². The fourth-order valence-electron chi connectivity index (χ4n) is 2.76. The van der Waals surface area contributed by atoms with E-state index in [2.05, 4.69) is 30.3 Å². The number of benzene rings is 1. The lowest BCUT2D eigenvalue weighted by atomic mass is 9.76. The molecule has 0 heterocycles. The summed E-state index contributed by atoms with van der Waals surface area (Å²) in [5.41, 5.74) is 1.50. The first-order valence-corrected chi connectivity index (χ1v) is 5.95. The first kappa shape index (κ1) is 10.7. The Labute approximate surface area is 92.5 Å². The zero-order valence-corrected chi connectivity index (χ0v) is 9.49. The van der Waals surface area contributed by atoms with E-state index in [0.29, 0.717) is 0 Å². The quantitative estimate of drug-likeness (QED) is 0.731. The van der Waals surface area contributed by atoms with Crippen molar-refractivity contribution in [3.05, 3.63) is 35.9 Å². The van der Waals surface area contributed by atoms with Crippen LogP contribution < -0.4 is 0 Å². The standard InChI is InChI=1S/C14H20O/c1-15-11-13-9-5-6-10-14(13)12-7-3-2-4-8-12/h2-4,7-8,13-14H,5-6,9-11H2,1H3/t13-,14-/m1/s1. The molecule has 1 aromatic carbocycles. The van der Waals surface area contributed by atoms with Gasteiger partial charge in [-0.15, -0.1) is 0 Å². The minimum Gasteiger partial charge on any atom is -0.384 e. The maximum Gasteiger partial charge on any atom is 0.0496 e. The number of hydrogen-bond acceptors (Lipinski definition) is 1. The third-order valence-electron chi connectivity index (χ3n) is 3.52. The topological polar surface area (TPSA) is 9.23 Å². The monoisotopic (exact) mass is 204 g/mol. The first-order valence-electron chi connectivity index (χ1n) is 5.95. The molecule has 0 saturated heterocycles. The van der Waals surface area contributed by atoms with Crippen molar-refractivity contribution in [3.8, 4) is 0 Å². The van der Waals surface area contributed by atoms with Crippen molar-refractivity contribution in [3.63, 3.8) is 0 Å². The smallest absolute Gasteiger partial charge is 0.0496 e. The molecule has 1 aliphatic rings. The molecule has 2 atom stereocenters. The van der Waals surface area contributed by atoms with Crippen molar-refractivity contribution < 1.29 is 4.74 Å². The van der Waals surface area contributed by atoms with Crippen molar-refractivity contribution in [1.29, 1.82) is 0 Å². The van der Waals surface area contributed by atoms with Gasteiger partial charge >= 0.3 is 0 Å². The van der Waals surface area contributed by atoms with Crippen LogP contribution in [0.1, 0.15) is 37.2 Å². The SMILES string of the molecule is COC[C@H]1CCCC[C@@H]1c1ccccc1. The van der Waals surface area contributed by atoms with Gasteiger partial charge in [-0.3, -0.25) is 0 Å². The first-order chi connectivity index (χ1) is 7.42. The van der Waals surface area contributed by atoms with Crippen molar-refractivity contribution in [2.24, 2.45) is 5.92 Å². The Morgan fingerprint density at radius 1 is 1.13 bits per heavy atom. The van der Waals surface area contributed by atoms with Gasteiger partial charge in [-0.2, -0.15) is 0 Å². The number of ether oxygens (including phenoxy) is 1. The summed E-state index contributed by atoms with van der Waals surface area (Å²) >= 11 is 0. The van der Waals surface area contributed by atoms with E-state index >= 15 is 0 Å². The summed E-state index contributed by atoms with van der Waals surface area (Å²) in [7, 11) is 1.82. The summed E-state index contributed by atoms with van der Waals surface area (Å²) in [6.45, 7) is 0.916. The highest BCUT2D eigenvalue weighted by molar-refractivity contribution is 5.20. The minimum atomic E-state index is 0.722. The van der Waals surface area contributed by atoms with E-state index in [0.717, 1.165) is 18.4 Å². The van der Waals surface area contributed by atoms with Gasteiger partial charge in [-0.25, -0.2) is 0 Å². The predicted molar refractivity (Wildman–Crippen MR) is 63.0 cm³/mol. The Morgan fingerprint density at radius 3 is 2.60 bits per heavy atom. The summed E-state index contributed by atoms with van der Waals surface area (Å²) in [5.74, 6) is 1.45. The lowest BCUT2D eigenvalue weighted by Gasteiger charge is -2.31. The lowest BCUT2D eigenvalue weighted by molar-refractivity contribution is 0.118. The van der Waals surface area contributed by atoms with E-state index in [1.165, 1.54) is 31.2 Å². The highest BCUT2D eigenvalue weighted by Gasteiger charge is 2.25. The van der Waals surface area contributed by atoms with Gasteiger partial charge in [-0.1, -0.05) is 43.2 Å². The Bertz CT molecular complexity index is 279. The molecule has 0 amide bonds. The van der Waals surface area contributed by atoms with Crippen molar-refractivity contribution >= 4 is 0 Å². The number of methoxy groups -OCH3 is 1. The number of rotatable bonds is 3. The summed E-state index contributed by atoms with van der Waals surface area (Å²) in [6, 6.07) is 10.9. The highest BCUT2D eigenvalue weighted by atomic mass is 16.5. The van der Waals surface area contributed by atoms with Gasteiger partial charge in [0.05, 0.1) is 0 Å². The Hall–Kier alpha value is -0.820. The second-order valence-electron chi connectivity index (χ2n) is 4.52. The van der Waals surface area contributed by atoms with Crippen LogP contribution in [0.25, 0.3) is 0 Å². The minimum absolute atomic E-state index is 0.722. The van der Waals surface area contributed by atoms with Crippen molar-refractivity contribution in [2.45, 2.75) is 31.6 Å². The zero-order valence-electron chi connectivity index (χ0n) is 9.49. The zero-order chi connectivity index (χ0) is 10.5. The van der Waals surface area contributed by atoms with Gasteiger partial charge in [0, 0.05) is 13.7 Å². The van der Waals surface area contributed by atoms with Crippen LogP contribution in [-0.2, 0) is 4.74 Å². The molecule has 1 heteroatoms. The van der Waals surface area contributed by atoms with E-state index in [-0.39, 0.29) is 0 Å². The maximum atomic E-state index is 5.33. The molecule has 0 radical (unpaired) electrons. The molecule has 0 aromatic heterocycles. The summed E-state index contributed by atoms with van der Waals surface area (Å²) in [4.78, 5) is 0. The van der Waals surface area contributed by atoms with E-state index in [1.807, 2.05) is 7.11 Å². The highest BCUT2D eigenvalue weighted by Crippen LogP contribution is 2.37. The molecule has 0 N–H and O–H groups in total. The molecule has 0 aliphatic heterocycles. The average Bonchev–Trinajstić information content (AvgIpc) is 2.31. The molecule has 1 aromatic rings. The molecule has 0 spiro atoms. The molecule has 1 saturated carbocycles. The van der Waals surface area contributed by atoms with E-state index in [1.54, 1.807) is 0 Å². The second kappa shape index (κ2) is 5.32. The molecule has 1 fully saturated rings. The van der Waals surface area contributed by atoms with Crippen LogP contribution in [0.5, 0.6) is 0 Å². The van der Waals surface area contributed by atoms with Crippen molar-refractivity contribution in [1.82, 2.24) is 0 Å². The molecule has 0 unspecified atom stereocenters. The van der Waals surface area contributed by atoms with Crippen molar-refractivity contribution in [2.75, 3.05) is 13.7 Å². The van der Waals surface area contributed by atoms with E-state index < -0.39 is 0 Å². The van der Waals surface area contributed by atoms with Gasteiger partial charge in [0.15, 0.2) is 0 Å². The van der Waals surface area contributed by atoms with E-state index in [9.17, 15) is 0 Å². The second-order valence-corrected chi connectivity index (χ2v) is 4.52.